The molecule has 0 bridgehead atoms. The van der Waals surface area contributed by atoms with Gasteiger partial charge in [0.2, 0.25) is 0 Å². The molecule has 14 heteroatoms. The van der Waals surface area contributed by atoms with Gasteiger partial charge in [-0.15, -0.1) is 0 Å². The Morgan fingerprint density at radius 2 is 0.324 bits per heavy atom. The number of nitrogens with zero attached hydrogens (tertiary/aromatic N) is 14. The number of piperidine rings is 3. The molecule has 0 aromatic rings. The number of hydrogen-bond donors (Lipinski definition) is 0. The molecule has 0 aromatic carbocycles. The summed E-state index contributed by atoms with van der Waals surface area (Å²) >= 11 is 0. The van der Waals surface area contributed by atoms with Crippen molar-refractivity contribution in [3.05, 3.63) is 0 Å². The molecule has 598 valence electrons. The number of hydrogen-bond acceptors (Lipinski definition) is 14. The molecule has 14 rings (SSSR count). The van der Waals surface area contributed by atoms with Crippen molar-refractivity contribution in [1.29, 1.82) is 0 Å². The van der Waals surface area contributed by atoms with Gasteiger partial charge in [0.25, 0.3) is 0 Å². The van der Waals surface area contributed by atoms with E-state index in [0.717, 1.165) is 96.4 Å². The van der Waals surface area contributed by atoms with E-state index in [0.29, 0.717) is 32.5 Å². The molecule has 14 aliphatic rings. The van der Waals surface area contributed by atoms with E-state index < -0.39 is 0 Å². The van der Waals surface area contributed by atoms with Crippen molar-refractivity contribution in [2.24, 2.45) is 44.3 Å². The van der Waals surface area contributed by atoms with Gasteiger partial charge in [-0.05, 0) is 345 Å². The first-order valence-corrected chi connectivity index (χ1v) is 44.1. The Hall–Kier alpha value is -0.560. The Bertz CT molecular complexity index is 2290. The fraction of sp³-hybridized carbons (Fsp3) is 1.00. The van der Waals surface area contributed by atoms with E-state index >= 15 is 0 Å². The van der Waals surface area contributed by atoms with Crippen LogP contribution < -0.4 is 0 Å². The molecule has 0 aromatic heterocycles. The highest BCUT2D eigenvalue weighted by molar-refractivity contribution is 5.08. The van der Waals surface area contributed by atoms with E-state index in [-0.39, 0.29) is 0 Å². The van der Waals surface area contributed by atoms with Crippen LogP contribution in [0.3, 0.4) is 0 Å². The minimum absolute atomic E-state index is 0.647. The van der Waals surface area contributed by atoms with E-state index in [1.165, 1.54) is 247 Å². The van der Waals surface area contributed by atoms with E-state index in [9.17, 15) is 0 Å². The highest BCUT2D eigenvalue weighted by Gasteiger charge is 2.54. The number of likely N-dealkylation sites (tertiary alicyclic amines) is 14. The SMILES string of the molecule is CC(C)N1CC2(C1)CN(C(C)C)C2.CC(C)N1CC2CN(C(C)C)CC2C1.CC(C)N1CCC2(C1)CN(C(C)C)C2.CC(C)N1CCC2(CC1)CCN(C(C)C)C2.CC(C)N1CCC2(CC1)CN(C(C)C)C2.CC(C)N1CCC2(CCN(C(C)C)C2)C1.CC(C)N1CCCC2(C1)CN(C(C)C)C2. The van der Waals surface area contributed by atoms with Crippen molar-refractivity contribution >= 4 is 0 Å². The highest BCUT2D eigenvalue weighted by atomic mass is 15.3. The maximum atomic E-state index is 2.67. The summed E-state index contributed by atoms with van der Waals surface area (Å²) in [6, 6.07) is 10.4. The molecule has 14 saturated heterocycles. The van der Waals surface area contributed by atoms with Crippen molar-refractivity contribution in [3.63, 3.8) is 0 Å². The summed E-state index contributed by atoms with van der Waals surface area (Å²) in [6.07, 6.45) is 14.3. The molecule has 0 amide bonds. The Morgan fingerprint density at radius 1 is 0.157 bits per heavy atom. The van der Waals surface area contributed by atoms with Crippen LogP contribution >= 0.6 is 0 Å². The average molecular weight is 1430 g/mol. The van der Waals surface area contributed by atoms with Crippen molar-refractivity contribution in [3.8, 4) is 0 Å². The van der Waals surface area contributed by atoms with Crippen molar-refractivity contribution in [2.45, 2.75) is 343 Å². The van der Waals surface area contributed by atoms with Crippen LogP contribution in [0.15, 0.2) is 0 Å². The van der Waals surface area contributed by atoms with Gasteiger partial charge in [-0.2, -0.15) is 0 Å². The van der Waals surface area contributed by atoms with E-state index in [2.05, 4.69) is 262 Å². The Kier molecular flexibility index (Phi) is 31.7. The highest BCUT2D eigenvalue weighted by Crippen LogP contribution is 2.47. The zero-order valence-electron chi connectivity index (χ0n) is 73.4. The molecule has 0 aliphatic carbocycles. The smallest absolute Gasteiger partial charge is 0.0212 e. The fourth-order valence-electron chi connectivity index (χ4n) is 20.9. The zero-order chi connectivity index (χ0) is 75.2. The third-order valence-corrected chi connectivity index (χ3v) is 29.4. The molecular formula is C88H176N14. The van der Waals surface area contributed by atoms with Gasteiger partial charge >= 0.3 is 0 Å². The molecular weight excluding hydrogens is 1250 g/mol. The first-order chi connectivity index (χ1) is 47.7. The topological polar surface area (TPSA) is 45.4 Å². The normalized spacial score (nSPS) is 28.6. The molecule has 0 N–H and O–H groups in total. The fourth-order valence-corrected chi connectivity index (χ4v) is 20.9. The lowest BCUT2D eigenvalue weighted by atomic mass is 9.71. The van der Waals surface area contributed by atoms with Crippen molar-refractivity contribution < 1.29 is 0 Å². The van der Waals surface area contributed by atoms with Crippen molar-refractivity contribution in [2.75, 3.05) is 183 Å². The Balaban J connectivity index is 0.000000151. The second-order valence-corrected chi connectivity index (χ2v) is 41.8. The minimum atomic E-state index is 0.647. The zero-order valence-corrected chi connectivity index (χ0v) is 73.4. The summed E-state index contributed by atoms with van der Waals surface area (Å²) in [4.78, 5) is 36.8. The molecule has 14 nitrogen and oxygen atoms in total. The molecule has 0 atom stereocenters. The summed E-state index contributed by atoms with van der Waals surface area (Å²) in [7, 11) is 0. The number of rotatable bonds is 14. The quantitative estimate of drug-likeness (QED) is 0.166. The number of fused-ring (bicyclic) bond motifs is 1. The summed E-state index contributed by atoms with van der Waals surface area (Å²) in [5.74, 6) is 1.92. The first-order valence-electron chi connectivity index (χ1n) is 44.1. The lowest BCUT2D eigenvalue weighted by Gasteiger charge is -2.62. The molecule has 14 aliphatic heterocycles. The Morgan fingerprint density at radius 3 is 0.569 bits per heavy atom. The van der Waals surface area contributed by atoms with Crippen LogP contribution in [-0.2, 0) is 0 Å². The largest absolute Gasteiger partial charge is 0.301 e. The first kappa shape index (κ1) is 87.0. The maximum absolute atomic E-state index is 2.67. The van der Waals surface area contributed by atoms with Crippen LogP contribution in [0.25, 0.3) is 0 Å². The van der Waals surface area contributed by atoms with Gasteiger partial charge in [0.05, 0.1) is 0 Å². The monoisotopic (exact) mass is 1430 g/mol. The summed E-state index contributed by atoms with van der Waals surface area (Å²) in [5, 5.41) is 0. The third kappa shape index (κ3) is 22.8. The van der Waals surface area contributed by atoms with Gasteiger partial charge in [0.1, 0.15) is 0 Å². The Labute approximate surface area is 635 Å². The van der Waals surface area contributed by atoms with E-state index in [1.54, 1.807) is 0 Å². The average Bonchev–Trinajstić information content (AvgIpc) is 1.03. The van der Waals surface area contributed by atoms with Crippen LogP contribution in [0.5, 0.6) is 0 Å². The molecule has 14 fully saturated rings. The molecule has 0 unspecified atom stereocenters. The van der Waals surface area contributed by atoms with Gasteiger partial charge in [-0.1, -0.05) is 0 Å². The van der Waals surface area contributed by atoms with Gasteiger partial charge in [-0.3, -0.25) is 24.5 Å². The second kappa shape index (κ2) is 37.2. The molecule has 102 heavy (non-hydrogen) atoms. The second-order valence-electron chi connectivity index (χ2n) is 41.8. The van der Waals surface area contributed by atoms with E-state index in [4.69, 9.17) is 0 Å². The lowest BCUT2D eigenvalue weighted by molar-refractivity contribution is -0.135. The van der Waals surface area contributed by atoms with Crippen LogP contribution in [0.4, 0.5) is 0 Å². The molecule has 0 radical (unpaired) electrons. The van der Waals surface area contributed by atoms with E-state index in [1.807, 2.05) is 0 Å². The van der Waals surface area contributed by atoms with Crippen molar-refractivity contribution in [1.82, 2.24) is 68.6 Å². The van der Waals surface area contributed by atoms with Gasteiger partial charge in [0.15, 0.2) is 0 Å². The molecule has 14 heterocycles. The lowest BCUT2D eigenvalue weighted by Crippen LogP contribution is -2.73. The summed E-state index contributed by atoms with van der Waals surface area (Å²) < 4.78 is 0. The molecule has 6 spiro atoms. The standard InChI is InChI=1S/C14H28N2.3C13H26N2.2C12H24N2.C11H22N2/c1-12(2)15-8-5-14(6-9-15)7-10-16(11-14)13(3)4;1-11(2)14-7-5-13(9-14)6-8-15(10-13)12(3)4;1-11(2)14-7-5-13(6-8-14)9-15(10-13)12(3)4;1-11(2)14-7-5-6-13(8-14)9-15(10-13)12(3)4;1-9(2)13-5-11-7-14(10(3)4)8-12(11)6-13;1-10(2)13-6-5-12(7-13)8-14(9-12)11(3)4;1-9(2)12-5-11(6-12)7-13(8-11)10(3)4/h12-13H,5-11H2,1-4H3;3*11-12H,5-10H2,1-4H3;9-12H,5-8H2,1-4H3;10-11H,5-9H2,1-4H3;9-10H,5-8H2,1-4H3. The molecule has 0 saturated carbocycles. The van der Waals surface area contributed by atoms with Gasteiger partial charge in [-0.25, -0.2) is 0 Å². The maximum Gasteiger partial charge on any atom is 0.0212 e. The van der Waals surface area contributed by atoms with Crippen LogP contribution in [-0.4, -0.2) is 336 Å². The predicted octanol–water partition coefficient (Wildman–Crippen LogP) is 14.1. The van der Waals surface area contributed by atoms with Gasteiger partial charge < -0.3 is 44.1 Å². The van der Waals surface area contributed by atoms with Crippen LogP contribution in [0.1, 0.15) is 258 Å². The summed E-state index contributed by atoms with van der Waals surface area (Å²) in [6.45, 7) is 102. The van der Waals surface area contributed by atoms with Crippen LogP contribution in [0, 0.1) is 44.3 Å². The summed E-state index contributed by atoms with van der Waals surface area (Å²) in [5.41, 5.74) is 4.07. The van der Waals surface area contributed by atoms with Crippen LogP contribution in [0.2, 0.25) is 0 Å². The van der Waals surface area contributed by atoms with Gasteiger partial charge in [0, 0.05) is 225 Å². The minimum Gasteiger partial charge on any atom is -0.301 e. The third-order valence-electron chi connectivity index (χ3n) is 29.4. The predicted molar refractivity (Wildman–Crippen MR) is 442 cm³/mol.